The lowest BCUT2D eigenvalue weighted by molar-refractivity contribution is -0.125. The fraction of sp³-hybridized carbons (Fsp3) is 0.167. The van der Waals surface area contributed by atoms with E-state index in [-0.39, 0.29) is 25.6 Å². The van der Waals surface area contributed by atoms with Crippen molar-refractivity contribution in [2.24, 2.45) is 0 Å². The largest absolute Gasteiger partial charge is 0.459 e. The summed E-state index contributed by atoms with van der Waals surface area (Å²) in [6.07, 6.45) is 0. The van der Waals surface area contributed by atoms with Gasteiger partial charge in [0.05, 0.1) is 13.1 Å². The summed E-state index contributed by atoms with van der Waals surface area (Å²) >= 11 is 0. The summed E-state index contributed by atoms with van der Waals surface area (Å²) in [7, 11) is 0. The number of aromatic amines is 1. The van der Waals surface area contributed by atoms with Crippen LogP contribution in [0.15, 0.2) is 42.5 Å². The van der Waals surface area contributed by atoms with Gasteiger partial charge in [0.1, 0.15) is 12.3 Å². The van der Waals surface area contributed by atoms with E-state index < -0.39 is 12.0 Å². The predicted molar refractivity (Wildman–Crippen MR) is 91.2 cm³/mol. The van der Waals surface area contributed by atoms with Crippen LogP contribution in [0.3, 0.4) is 0 Å². The fourth-order valence-corrected chi connectivity index (χ4v) is 2.98. The Kier molecular flexibility index (Phi) is 3.61. The molecule has 25 heavy (non-hydrogen) atoms. The molecule has 0 spiro atoms. The van der Waals surface area contributed by atoms with Gasteiger partial charge in [0, 0.05) is 10.9 Å². The molecule has 2 N–H and O–H groups in total. The Morgan fingerprint density at radius 1 is 1.12 bits per heavy atom. The Morgan fingerprint density at radius 3 is 2.76 bits per heavy atom. The van der Waals surface area contributed by atoms with Crippen molar-refractivity contribution in [3.05, 3.63) is 48.2 Å². The van der Waals surface area contributed by atoms with Gasteiger partial charge in [-0.05, 0) is 22.9 Å². The number of urea groups is 1. The van der Waals surface area contributed by atoms with Crippen molar-refractivity contribution in [2.75, 3.05) is 19.7 Å². The Morgan fingerprint density at radius 2 is 1.96 bits per heavy atom. The van der Waals surface area contributed by atoms with Crippen LogP contribution in [0.25, 0.3) is 21.7 Å². The van der Waals surface area contributed by atoms with E-state index in [0.29, 0.717) is 5.69 Å². The Bertz CT molecular complexity index is 992. The van der Waals surface area contributed by atoms with Gasteiger partial charge in [-0.25, -0.2) is 9.59 Å². The SMILES string of the molecule is O=C(OCCN1C(=O)CNC1=O)c1cc2c(ccc3ccccc32)[nH]1. The van der Waals surface area contributed by atoms with Gasteiger partial charge in [-0.1, -0.05) is 30.3 Å². The van der Waals surface area contributed by atoms with Gasteiger partial charge in [0.25, 0.3) is 0 Å². The number of esters is 1. The molecule has 0 radical (unpaired) electrons. The first-order valence-corrected chi connectivity index (χ1v) is 7.89. The number of hydrogen-bond acceptors (Lipinski definition) is 4. The Hall–Kier alpha value is -3.35. The molecule has 1 saturated heterocycles. The third-order valence-electron chi connectivity index (χ3n) is 4.23. The van der Waals surface area contributed by atoms with Crippen molar-refractivity contribution in [1.29, 1.82) is 0 Å². The number of hydrogen-bond donors (Lipinski definition) is 2. The third kappa shape index (κ3) is 2.69. The minimum absolute atomic E-state index is 0.0120. The maximum absolute atomic E-state index is 12.2. The molecule has 2 aromatic carbocycles. The molecule has 7 nitrogen and oxygen atoms in total. The number of carbonyl (C=O) groups excluding carboxylic acids is 3. The monoisotopic (exact) mass is 337 g/mol. The van der Waals surface area contributed by atoms with Gasteiger partial charge in [0.15, 0.2) is 0 Å². The number of H-pyrrole nitrogens is 1. The second-order valence-electron chi connectivity index (χ2n) is 5.77. The molecule has 1 aliphatic rings. The molecule has 0 aliphatic carbocycles. The highest BCUT2D eigenvalue weighted by Gasteiger charge is 2.28. The summed E-state index contributed by atoms with van der Waals surface area (Å²) < 4.78 is 5.18. The Labute approximate surface area is 142 Å². The van der Waals surface area contributed by atoms with E-state index in [1.165, 1.54) is 0 Å². The first-order chi connectivity index (χ1) is 12.1. The molecule has 0 saturated carbocycles. The molecule has 4 rings (SSSR count). The summed E-state index contributed by atoms with van der Waals surface area (Å²) in [6, 6.07) is 13.1. The van der Waals surface area contributed by atoms with Crippen molar-refractivity contribution in [3.63, 3.8) is 0 Å². The summed E-state index contributed by atoms with van der Waals surface area (Å²) in [4.78, 5) is 39.2. The van der Waals surface area contributed by atoms with Gasteiger partial charge in [-0.3, -0.25) is 9.69 Å². The molecule has 0 atom stereocenters. The molecular formula is C18H15N3O4. The van der Waals surface area contributed by atoms with Crippen LogP contribution in [-0.2, 0) is 9.53 Å². The minimum atomic E-state index is -0.521. The number of benzene rings is 2. The van der Waals surface area contributed by atoms with Crippen LogP contribution < -0.4 is 5.32 Å². The number of imide groups is 1. The standard InChI is InChI=1S/C18H15N3O4/c22-16-10-19-18(24)21(16)7-8-25-17(23)15-9-13-12-4-2-1-3-11(12)5-6-14(13)20-15/h1-6,9,20H,7-8,10H2,(H,19,24). The summed E-state index contributed by atoms with van der Waals surface area (Å²) in [5.74, 6) is -0.842. The zero-order chi connectivity index (χ0) is 17.4. The number of rotatable bonds is 4. The molecule has 3 aromatic rings. The lowest BCUT2D eigenvalue weighted by Crippen LogP contribution is -2.34. The van der Waals surface area contributed by atoms with Crippen LogP contribution in [0.1, 0.15) is 10.5 Å². The van der Waals surface area contributed by atoms with Gasteiger partial charge < -0.3 is 15.0 Å². The van der Waals surface area contributed by atoms with E-state index >= 15 is 0 Å². The molecule has 2 heterocycles. The number of ether oxygens (including phenoxy) is 1. The maximum atomic E-state index is 12.2. The highest BCUT2D eigenvalue weighted by Crippen LogP contribution is 2.26. The van der Waals surface area contributed by atoms with E-state index in [4.69, 9.17) is 4.74 Å². The molecule has 1 fully saturated rings. The average molecular weight is 337 g/mol. The predicted octanol–water partition coefficient (Wildman–Crippen LogP) is 2.03. The van der Waals surface area contributed by atoms with Crippen LogP contribution >= 0.6 is 0 Å². The highest BCUT2D eigenvalue weighted by molar-refractivity contribution is 6.09. The van der Waals surface area contributed by atoms with Gasteiger partial charge in [-0.2, -0.15) is 0 Å². The van der Waals surface area contributed by atoms with Crippen molar-refractivity contribution in [1.82, 2.24) is 15.2 Å². The number of nitrogens with one attached hydrogen (secondary N) is 2. The van der Waals surface area contributed by atoms with Crippen molar-refractivity contribution < 1.29 is 19.1 Å². The smallest absolute Gasteiger partial charge is 0.354 e. The van der Waals surface area contributed by atoms with Crippen LogP contribution in [0, 0.1) is 0 Å². The number of amides is 3. The van der Waals surface area contributed by atoms with E-state index in [1.807, 2.05) is 36.4 Å². The summed E-state index contributed by atoms with van der Waals surface area (Å²) in [5.41, 5.74) is 1.18. The topological polar surface area (TPSA) is 91.5 Å². The quantitative estimate of drug-likeness (QED) is 0.563. The molecule has 7 heteroatoms. The number of aromatic nitrogens is 1. The van der Waals surface area contributed by atoms with Crippen molar-refractivity contribution >= 4 is 39.6 Å². The lowest BCUT2D eigenvalue weighted by atomic mass is 10.1. The number of nitrogens with zero attached hydrogens (tertiary/aromatic N) is 1. The van der Waals surface area contributed by atoms with Crippen molar-refractivity contribution in [2.45, 2.75) is 0 Å². The fourth-order valence-electron chi connectivity index (χ4n) is 2.98. The average Bonchev–Trinajstić information content (AvgIpc) is 3.20. The normalized spacial score (nSPS) is 14.3. The minimum Gasteiger partial charge on any atom is -0.459 e. The molecule has 3 amide bonds. The van der Waals surface area contributed by atoms with Gasteiger partial charge in [-0.15, -0.1) is 0 Å². The van der Waals surface area contributed by atoms with Crippen LogP contribution in [0.4, 0.5) is 4.79 Å². The Balaban J connectivity index is 1.49. The molecule has 1 aliphatic heterocycles. The van der Waals surface area contributed by atoms with E-state index in [9.17, 15) is 14.4 Å². The molecule has 0 bridgehead atoms. The highest BCUT2D eigenvalue weighted by atomic mass is 16.5. The van der Waals surface area contributed by atoms with Gasteiger partial charge >= 0.3 is 12.0 Å². The molecular weight excluding hydrogens is 322 g/mol. The number of fused-ring (bicyclic) bond motifs is 3. The second kappa shape index (κ2) is 5.94. The zero-order valence-electron chi connectivity index (χ0n) is 13.2. The second-order valence-corrected chi connectivity index (χ2v) is 5.77. The van der Waals surface area contributed by atoms with Gasteiger partial charge in [0.2, 0.25) is 5.91 Å². The summed E-state index contributed by atoms with van der Waals surface area (Å²) in [5, 5.41) is 5.50. The lowest BCUT2D eigenvalue weighted by Gasteiger charge is -2.11. The van der Waals surface area contributed by atoms with Crippen LogP contribution in [0.2, 0.25) is 0 Å². The van der Waals surface area contributed by atoms with E-state index in [0.717, 1.165) is 26.6 Å². The van der Waals surface area contributed by atoms with Crippen LogP contribution in [-0.4, -0.2) is 47.5 Å². The number of carbonyl (C=O) groups is 3. The summed E-state index contributed by atoms with van der Waals surface area (Å²) in [6.45, 7) is -0.0183. The van der Waals surface area contributed by atoms with E-state index in [1.54, 1.807) is 6.07 Å². The van der Waals surface area contributed by atoms with Crippen molar-refractivity contribution in [3.8, 4) is 0 Å². The third-order valence-corrected chi connectivity index (χ3v) is 4.23. The molecule has 1 aromatic heterocycles. The zero-order valence-corrected chi connectivity index (χ0v) is 13.2. The first kappa shape index (κ1) is 15.2. The maximum Gasteiger partial charge on any atom is 0.354 e. The molecule has 0 unspecified atom stereocenters. The molecule has 126 valence electrons. The van der Waals surface area contributed by atoms with E-state index in [2.05, 4.69) is 10.3 Å². The first-order valence-electron chi connectivity index (χ1n) is 7.89. The van der Waals surface area contributed by atoms with Crippen LogP contribution in [0.5, 0.6) is 0 Å².